The summed E-state index contributed by atoms with van der Waals surface area (Å²) in [7, 11) is 1.99. The minimum atomic E-state index is -0.441. The van der Waals surface area contributed by atoms with E-state index in [1.807, 2.05) is 36.7 Å². The van der Waals surface area contributed by atoms with Gasteiger partial charge < -0.3 is 9.67 Å². The lowest BCUT2D eigenvalue weighted by molar-refractivity contribution is 0.175. The van der Waals surface area contributed by atoms with E-state index in [0.717, 1.165) is 22.4 Å². The van der Waals surface area contributed by atoms with Crippen molar-refractivity contribution in [1.82, 2.24) is 9.55 Å². The number of aliphatic hydroxyl groups excluding tert-OH is 1. The zero-order chi connectivity index (χ0) is 11.7. The molecule has 1 N–H and O–H groups in total. The van der Waals surface area contributed by atoms with Crippen LogP contribution in [0.15, 0.2) is 18.2 Å². The highest BCUT2D eigenvalue weighted by atomic mass is 32.1. The van der Waals surface area contributed by atoms with Crippen LogP contribution in [0, 0.1) is 6.92 Å². The van der Waals surface area contributed by atoms with Gasteiger partial charge >= 0.3 is 0 Å². The fourth-order valence-corrected chi connectivity index (χ4v) is 2.08. The van der Waals surface area contributed by atoms with Crippen LogP contribution in [0.2, 0.25) is 0 Å². The zero-order valence-electron chi connectivity index (χ0n) is 9.51. The van der Waals surface area contributed by atoms with Gasteiger partial charge in [-0.1, -0.05) is 6.07 Å². The Hall–Kier alpha value is -1.00. The van der Waals surface area contributed by atoms with Crippen molar-refractivity contribution in [3.8, 4) is 0 Å². The topological polar surface area (TPSA) is 38.1 Å². The molecule has 1 heterocycles. The molecule has 1 unspecified atom stereocenters. The zero-order valence-corrected chi connectivity index (χ0v) is 10.4. The molecule has 16 heavy (non-hydrogen) atoms. The predicted octanol–water partition coefficient (Wildman–Crippen LogP) is 2.24. The molecule has 0 aliphatic carbocycles. The van der Waals surface area contributed by atoms with Crippen molar-refractivity contribution in [2.24, 2.45) is 7.05 Å². The molecular formula is C12H16N2OS. The Labute approximate surface area is 101 Å². The number of imidazole rings is 1. The monoisotopic (exact) mass is 236 g/mol. The number of hydrogen-bond donors (Lipinski definition) is 2. The van der Waals surface area contributed by atoms with E-state index < -0.39 is 6.10 Å². The van der Waals surface area contributed by atoms with E-state index in [1.54, 1.807) is 0 Å². The van der Waals surface area contributed by atoms with Gasteiger partial charge in [0.2, 0.25) is 0 Å². The third kappa shape index (κ3) is 1.95. The molecule has 0 spiro atoms. The van der Waals surface area contributed by atoms with Crippen LogP contribution in [-0.2, 0) is 7.05 Å². The molecular weight excluding hydrogens is 220 g/mol. The Morgan fingerprint density at radius 2 is 2.25 bits per heavy atom. The second-order valence-corrected chi connectivity index (χ2v) is 4.44. The van der Waals surface area contributed by atoms with Crippen molar-refractivity contribution in [3.05, 3.63) is 29.6 Å². The summed E-state index contributed by atoms with van der Waals surface area (Å²) < 4.78 is 2.05. The Kier molecular flexibility index (Phi) is 3.21. The fourth-order valence-electron chi connectivity index (χ4n) is 1.83. The van der Waals surface area contributed by atoms with Crippen LogP contribution in [0.3, 0.4) is 0 Å². The molecule has 0 radical (unpaired) electrons. The molecule has 1 aromatic heterocycles. The van der Waals surface area contributed by atoms with Crippen LogP contribution in [0.4, 0.5) is 0 Å². The van der Waals surface area contributed by atoms with Gasteiger partial charge in [0, 0.05) is 7.05 Å². The number of fused-ring (bicyclic) bond motifs is 1. The van der Waals surface area contributed by atoms with Gasteiger partial charge in [-0.15, -0.1) is 0 Å². The fraction of sp³-hybridized carbons (Fsp3) is 0.417. The average Bonchev–Trinajstić information content (AvgIpc) is 2.55. The average molecular weight is 236 g/mol. The van der Waals surface area contributed by atoms with E-state index in [0.29, 0.717) is 12.2 Å². The van der Waals surface area contributed by atoms with E-state index in [2.05, 4.69) is 17.6 Å². The third-order valence-corrected chi connectivity index (χ3v) is 3.17. The maximum absolute atomic E-state index is 9.87. The summed E-state index contributed by atoms with van der Waals surface area (Å²) in [5.41, 5.74) is 2.95. The summed E-state index contributed by atoms with van der Waals surface area (Å²) in [6, 6.07) is 5.92. The number of thiol groups is 1. The van der Waals surface area contributed by atoms with E-state index in [-0.39, 0.29) is 0 Å². The van der Waals surface area contributed by atoms with E-state index >= 15 is 0 Å². The maximum Gasteiger partial charge on any atom is 0.106 e. The SMILES string of the molecule is Cc1nc2cc(C(O)CCS)ccc2n1C. The molecule has 0 fully saturated rings. The van der Waals surface area contributed by atoms with Crippen LogP contribution in [0.1, 0.15) is 23.9 Å². The quantitative estimate of drug-likeness (QED) is 0.802. The summed E-state index contributed by atoms with van der Waals surface area (Å²) in [4.78, 5) is 4.45. The summed E-state index contributed by atoms with van der Waals surface area (Å²) in [5.74, 6) is 1.66. The smallest absolute Gasteiger partial charge is 0.106 e. The van der Waals surface area contributed by atoms with Gasteiger partial charge in [0.15, 0.2) is 0 Å². The van der Waals surface area contributed by atoms with E-state index in [1.165, 1.54) is 0 Å². The first-order chi connectivity index (χ1) is 7.63. The molecule has 1 atom stereocenters. The second-order valence-electron chi connectivity index (χ2n) is 3.99. The van der Waals surface area contributed by atoms with Gasteiger partial charge in [0.25, 0.3) is 0 Å². The number of hydrogen-bond acceptors (Lipinski definition) is 3. The van der Waals surface area contributed by atoms with Crippen molar-refractivity contribution in [2.75, 3.05) is 5.75 Å². The summed E-state index contributed by atoms with van der Waals surface area (Å²) in [5, 5.41) is 9.87. The highest BCUT2D eigenvalue weighted by Crippen LogP contribution is 2.22. The number of aliphatic hydroxyl groups is 1. The molecule has 4 heteroatoms. The molecule has 2 rings (SSSR count). The number of benzene rings is 1. The highest BCUT2D eigenvalue weighted by molar-refractivity contribution is 7.80. The highest BCUT2D eigenvalue weighted by Gasteiger charge is 2.10. The van der Waals surface area contributed by atoms with Gasteiger partial charge in [0.1, 0.15) is 5.82 Å². The molecule has 0 aliphatic heterocycles. The Bertz CT molecular complexity index is 507. The Morgan fingerprint density at radius 1 is 1.50 bits per heavy atom. The minimum absolute atomic E-state index is 0.441. The van der Waals surface area contributed by atoms with E-state index in [9.17, 15) is 5.11 Å². The van der Waals surface area contributed by atoms with Gasteiger partial charge in [-0.25, -0.2) is 4.98 Å². The Morgan fingerprint density at radius 3 is 2.94 bits per heavy atom. The van der Waals surface area contributed by atoms with Crippen molar-refractivity contribution < 1.29 is 5.11 Å². The minimum Gasteiger partial charge on any atom is -0.388 e. The molecule has 0 aliphatic rings. The van der Waals surface area contributed by atoms with Crippen LogP contribution in [0.25, 0.3) is 11.0 Å². The summed E-state index contributed by atoms with van der Waals surface area (Å²) >= 11 is 4.12. The molecule has 0 bridgehead atoms. The first-order valence-electron chi connectivity index (χ1n) is 5.35. The maximum atomic E-state index is 9.87. The molecule has 0 amide bonds. The first-order valence-corrected chi connectivity index (χ1v) is 5.98. The van der Waals surface area contributed by atoms with Crippen molar-refractivity contribution in [1.29, 1.82) is 0 Å². The van der Waals surface area contributed by atoms with Crippen molar-refractivity contribution in [2.45, 2.75) is 19.4 Å². The van der Waals surface area contributed by atoms with Crippen LogP contribution < -0.4 is 0 Å². The Balaban J connectivity index is 2.44. The van der Waals surface area contributed by atoms with Gasteiger partial charge in [0.05, 0.1) is 17.1 Å². The van der Waals surface area contributed by atoms with Gasteiger partial charge in [-0.3, -0.25) is 0 Å². The first kappa shape index (κ1) is 11.5. The van der Waals surface area contributed by atoms with Crippen molar-refractivity contribution >= 4 is 23.7 Å². The van der Waals surface area contributed by atoms with Gasteiger partial charge in [-0.05, 0) is 36.8 Å². The standard InChI is InChI=1S/C12H16N2OS/c1-8-13-10-7-9(12(15)5-6-16)3-4-11(10)14(8)2/h3-4,7,12,15-16H,5-6H2,1-2H3. The molecule has 3 nitrogen and oxygen atoms in total. The largest absolute Gasteiger partial charge is 0.388 e. The lowest BCUT2D eigenvalue weighted by Crippen LogP contribution is -1.98. The molecule has 86 valence electrons. The molecule has 1 aromatic carbocycles. The summed E-state index contributed by atoms with van der Waals surface area (Å²) in [6.45, 7) is 1.98. The lowest BCUT2D eigenvalue weighted by Gasteiger charge is -2.08. The normalized spacial score (nSPS) is 13.2. The number of aryl methyl sites for hydroxylation is 2. The predicted molar refractivity (Wildman–Crippen MR) is 68.9 cm³/mol. The second kappa shape index (κ2) is 4.47. The lowest BCUT2D eigenvalue weighted by atomic mass is 10.1. The van der Waals surface area contributed by atoms with Crippen LogP contribution in [0.5, 0.6) is 0 Å². The van der Waals surface area contributed by atoms with Crippen molar-refractivity contribution in [3.63, 3.8) is 0 Å². The summed E-state index contributed by atoms with van der Waals surface area (Å²) in [6.07, 6.45) is 0.227. The molecule has 0 saturated heterocycles. The number of nitrogens with zero attached hydrogens (tertiary/aromatic N) is 2. The van der Waals surface area contributed by atoms with E-state index in [4.69, 9.17) is 0 Å². The third-order valence-electron chi connectivity index (χ3n) is 2.92. The number of aromatic nitrogens is 2. The molecule has 2 aromatic rings. The molecule has 0 saturated carbocycles. The number of rotatable bonds is 3. The van der Waals surface area contributed by atoms with Crippen LogP contribution >= 0.6 is 12.6 Å². The van der Waals surface area contributed by atoms with Crippen LogP contribution in [-0.4, -0.2) is 20.4 Å². The van der Waals surface area contributed by atoms with Gasteiger partial charge in [-0.2, -0.15) is 12.6 Å².